The number of carbonyl (C=O) groups excluding carboxylic acids is 1. The average molecular weight is 293 g/mol. The Morgan fingerprint density at radius 3 is 2.81 bits per heavy atom. The lowest BCUT2D eigenvalue weighted by Gasteiger charge is -2.23. The predicted molar refractivity (Wildman–Crippen MR) is 74.4 cm³/mol. The van der Waals surface area contributed by atoms with E-state index in [4.69, 9.17) is 9.84 Å². The molecular formula is C15H16FNO4. The standard InChI is InChI=1S/C15H16FNO4/c1-15(6-7-21-9-15)17-14(20)11-3-2-10(12(16)8-11)4-5-13(18)19/h2-5,8H,6-7,9H2,1H3,(H,17,20)(H,18,19)/b5-4+. The lowest BCUT2D eigenvalue weighted by Crippen LogP contribution is -2.46. The molecule has 5 nitrogen and oxygen atoms in total. The van der Waals surface area contributed by atoms with Gasteiger partial charge in [0.25, 0.3) is 5.91 Å². The molecule has 0 radical (unpaired) electrons. The van der Waals surface area contributed by atoms with Crippen molar-refractivity contribution < 1.29 is 23.8 Å². The Balaban J connectivity index is 2.12. The monoisotopic (exact) mass is 293 g/mol. The van der Waals surface area contributed by atoms with Gasteiger partial charge in [-0.3, -0.25) is 4.79 Å². The van der Waals surface area contributed by atoms with Gasteiger partial charge in [0.2, 0.25) is 0 Å². The minimum Gasteiger partial charge on any atom is -0.478 e. The fourth-order valence-electron chi connectivity index (χ4n) is 2.08. The number of carboxylic acids is 1. The van der Waals surface area contributed by atoms with Gasteiger partial charge in [-0.2, -0.15) is 0 Å². The van der Waals surface area contributed by atoms with Gasteiger partial charge in [-0.05, 0) is 31.6 Å². The van der Waals surface area contributed by atoms with Crippen molar-refractivity contribution in [3.8, 4) is 0 Å². The summed E-state index contributed by atoms with van der Waals surface area (Å²) < 4.78 is 19.1. The number of aliphatic carboxylic acids is 1. The first-order valence-corrected chi connectivity index (χ1v) is 6.50. The number of carboxylic acid groups (broad SMARTS) is 1. The number of halogens is 1. The second-order valence-corrected chi connectivity index (χ2v) is 5.23. The highest BCUT2D eigenvalue weighted by molar-refractivity contribution is 5.95. The molecule has 21 heavy (non-hydrogen) atoms. The van der Waals surface area contributed by atoms with E-state index in [1.807, 2.05) is 6.92 Å². The highest BCUT2D eigenvalue weighted by Gasteiger charge is 2.31. The number of carbonyl (C=O) groups is 2. The highest BCUT2D eigenvalue weighted by atomic mass is 19.1. The van der Waals surface area contributed by atoms with Gasteiger partial charge in [0, 0.05) is 23.8 Å². The molecule has 1 amide bonds. The molecule has 1 fully saturated rings. The normalized spacial score (nSPS) is 21.6. The number of nitrogens with one attached hydrogen (secondary N) is 1. The quantitative estimate of drug-likeness (QED) is 0.830. The number of ether oxygens (including phenoxy) is 1. The predicted octanol–water partition coefficient (Wildman–Crippen LogP) is 1.83. The number of hydrogen-bond donors (Lipinski definition) is 2. The lowest BCUT2D eigenvalue weighted by atomic mass is 10.0. The van der Waals surface area contributed by atoms with E-state index in [2.05, 4.69) is 5.32 Å². The summed E-state index contributed by atoms with van der Waals surface area (Å²) in [5.41, 5.74) is -0.132. The van der Waals surface area contributed by atoms with E-state index in [1.54, 1.807) is 0 Å². The van der Waals surface area contributed by atoms with Gasteiger partial charge in [0.1, 0.15) is 5.82 Å². The Morgan fingerprint density at radius 2 is 2.24 bits per heavy atom. The summed E-state index contributed by atoms with van der Waals surface area (Å²) in [6.45, 7) is 2.89. The number of hydrogen-bond acceptors (Lipinski definition) is 3. The number of amides is 1. The third-order valence-electron chi connectivity index (χ3n) is 3.30. The zero-order valence-electron chi connectivity index (χ0n) is 11.6. The summed E-state index contributed by atoms with van der Waals surface area (Å²) in [6.07, 6.45) is 2.70. The van der Waals surface area contributed by atoms with Crippen molar-refractivity contribution in [2.75, 3.05) is 13.2 Å². The second kappa shape index (κ2) is 6.05. The minimum absolute atomic E-state index is 0.115. The maximum absolute atomic E-state index is 13.8. The first kappa shape index (κ1) is 15.2. The Bertz CT molecular complexity index is 591. The molecule has 1 unspecified atom stereocenters. The molecular weight excluding hydrogens is 277 g/mol. The molecule has 1 atom stereocenters. The van der Waals surface area contributed by atoms with Crippen LogP contribution in [-0.4, -0.2) is 35.7 Å². The number of rotatable bonds is 4. The fourth-order valence-corrected chi connectivity index (χ4v) is 2.08. The van der Waals surface area contributed by atoms with Crippen molar-refractivity contribution in [3.63, 3.8) is 0 Å². The molecule has 1 aliphatic rings. The van der Waals surface area contributed by atoms with Gasteiger partial charge in [-0.1, -0.05) is 6.07 Å². The van der Waals surface area contributed by atoms with Crippen LogP contribution in [0, 0.1) is 5.82 Å². The molecule has 112 valence electrons. The van der Waals surface area contributed by atoms with Crippen LogP contribution in [-0.2, 0) is 9.53 Å². The van der Waals surface area contributed by atoms with Crippen molar-refractivity contribution in [2.24, 2.45) is 0 Å². The van der Waals surface area contributed by atoms with Crippen LogP contribution in [0.15, 0.2) is 24.3 Å². The van der Waals surface area contributed by atoms with Crippen LogP contribution in [0.5, 0.6) is 0 Å². The van der Waals surface area contributed by atoms with Crippen LogP contribution in [0.3, 0.4) is 0 Å². The molecule has 0 spiro atoms. The smallest absolute Gasteiger partial charge is 0.328 e. The van der Waals surface area contributed by atoms with Crippen LogP contribution in [0.25, 0.3) is 6.08 Å². The van der Waals surface area contributed by atoms with Crippen molar-refractivity contribution in [1.82, 2.24) is 5.32 Å². The Kier molecular flexibility index (Phi) is 4.37. The van der Waals surface area contributed by atoms with Crippen molar-refractivity contribution in [3.05, 3.63) is 41.2 Å². The third kappa shape index (κ3) is 3.88. The molecule has 0 bridgehead atoms. The molecule has 1 aromatic carbocycles. The highest BCUT2D eigenvalue weighted by Crippen LogP contribution is 2.19. The van der Waals surface area contributed by atoms with Crippen LogP contribution < -0.4 is 5.32 Å². The van der Waals surface area contributed by atoms with Crippen molar-refractivity contribution in [2.45, 2.75) is 18.9 Å². The van der Waals surface area contributed by atoms with E-state index >= 15 is 0 Å². The van der Waals surface area contributed by atoms with E-state index in [9.17, 15) is 14.0 Å². The maximum Gasteiger partial charge on any atom is 0.328 e. The van der Waals surface area contributed by atoms with Crippen LogP contribution >= 0.6 is 0 Å². The summed E-state index contributed by atoms with van der Waals surface area (Å²) in [4.78, 5) is 22.5. The molecule has 1 aliphatic heterocycles. The maximum atomic E-state index is 13.8. The summed E-state index contributed by atoms with van der Waals surface area (Å²) >= 11 is 0. The molecule has 1 aromatic rings. The van der Waals surface area contributed by atoms with E-state index in [0.29, 0.717) is 19.6 Å². The SMILES string of the molecule is CC1(NC(=O)c2ccc(/C=C/C(=O)O)c(F)c2)CCOC1. The second-order valence-electron chi connectivity index (χ2n) is 5.23. The van der Waals surface area contributed by atoms with Gasteiger partial charge in [0.15, 0.2) is 0 Å². The number of benzene rings is 1. The van der Waals surface area contributed by atoms with Gasteiger partial charge < -0.3 is 15.2 Å². The third-order valence-corrected chi connectivity index (χ3v) is 3.30. The molecule has 6 heteroatoms. The Labute approximate surface area is 121 Å². The lowest BCUT2D eigenvalue weighted by molar-refractivity contribution is -0.131. The van der Waals surface area contributed by atoms with Gasteiger partial charge in [0.05, 0.1) is 12.1 Å². The van der Waals surface area contributed by atoms with Gasteiger partial charge in [-0.15, -0.1) is 0 Å². The minimum atomic E-state index is -1.16. The molecule has 0 saturated carbocycles. The first-order chi connectivity index (χ1) is 9.89. The molecule has 1 heterocycles. The topological polar surface area (TPSA) is 75.6 Å². The average Bonchev–Trinajstić information content (AvgIpc) is 2.83. The van der Waals surface area contributed by atoms with Crippen LogP contribution in [0.4, 0.5) is 4.39 Å². The van der Waals surface area contributed by atoms with Crippen molar-refractivity contribution >= 4 is 18.0 Å². The van der Waals surface area contributed by atoms with E-state index in [-0.39, 0.29) is 17.0 Å². The van der Waals surface area contributed by atoms with E-state index in [1.165, 1.54) is 12.1 Å². The molecule has 2 rings (SSSR count). The molecule has 0 aromatic heterocycles. The summed E-state index contributed by atoms with van der Waals surface area (Å²) in [5, 5.41) is 11.3. The first-order valence-electron chi connectivity index (χ1n) is 6.50. The summed E-state index contributed by atoms with van der Waals surface area (Å²) in [6, 6.07) is 3.92. The van der Waals surface area contributed by atoms with Gasteiger partial charge >= 0.3 is 5.97 Å². The van der Waals surface area contributed by atoms with Crippen LogP contribution in [0.2, 0.25) is 0 Å². The van der Waals surface area contributed by atoms with Crippen molar-refractivity contribution in [1.29, 1.82) is 0 Å². The fraction of sp³-hybridized carbons (Fsp3) is 0.333. The van der Waals surface area contributed by atoms with Gasteiger partial charge in [-0.25, -0.2) is 9.18 Å². The van der Waals surface area contributed by atoms with E-state index < -0.39 is 17.3 Å². The largest absolute Gasteiger partial charge is 0.478 e. The summed E-state index contributed by atoms with van der Waals surface area (Å²) in [7, 11) is 0. The van der Waals surface area contributed by atoms with Crippen LogP contribution in [0.1, 0.15) is 29.3 Å². The zero-order valence-corrected chi connectivity index (χ0v) is 11.6. The Morgan fingerprint density at radius 1 is 1.48 bits per heavy atom. The molecule has 2 N–H and O–H groups in total. The zero-order chi connectivity index (χ0) is 15.5. The summed E-state index contributed by atoms with van der Waals surface area (Å²) in [5.74, 6) is -2.19. The Hall–Kier alpha value is -2.21. The van der Waals surface area contributed by atoms with E-state index in [0.717, 1.165) is 18.2 Å². The molecule has 1 saturated heterocycles. The molecule has 0 aliphatic carbocycles.